The number of anilines is 1. The van der Waals surface area contributed by atoms with Crippen LogP contribution in [0.5, 0.6) is 11.5 Å². The largest absolute Gasteiger partial charge is 0.493 e. The number of rotatable bonds is 6. The van der Waals surface area contributed by atoms with E-state index in [0.29, 0.717) is 17.1 Å². The molecule has 11 nitrogen and oxygen atoms in total. The van der Waals surface area contributed by atoms with Crippen LogP contribution < -0.4 is 14.4 Å². The standard InChI is InChI=1S/C21H16F2N6O5/c1-32-14-6-3-10(7-15(14)33-2)19-24-16(34-26-19)9-28-18-17(25-27-28)20(30)29(21(18)31)11-4-5-12(22)13(23)8-11/h3-8,17-18H,9H2,1-2H3/t17-,18+/m0/s1. The van der Waals surface area contributed by atoms with Crippen molar-refractivity contribution in [2.75, 3.05) is 19.1 Å². The number of imide groups is 1. The van der Waals surface area contributed by atoms with Crippen LogP contribution in [0.2, 0.25) is 0 Å². The Morgan fingerprint density at radius 3 is 2.53 bits per heavy atom. The van der Waals surface area contributed by atoms with E-state index in [1.165, 1.54) is 19.2 Å². The summed E-state index contributed by atoms with van der Waals surface area (Å²) in [6.45, 7) is -0.102. The fraction of sp³-hybridized carbons (Fsp3) is 0.238. The van der Waals surface area contributed by atoms with E-state index < -0.39 is 35.5 Å². The van der Waals surface area contributed by atoms with E-state index in [0.717, 1.165) is 23.1 Å². The molecule has 2 aliphatic rings. The number of carbonyl (C=O) groups is 2. The highest BCUT2D eigenvalue weighted by Crippen LogP contribution is 2.34. The van der Waals surface area contributed by atoms with Crippen molar-refractivity contribution in [3.8, 4) is 22.9 Å². The van der Waals surface area contributed by atoms with Gasteiger partial charge in [-0.05, 0) is 30.3 Å². The first kappa shape index (κ1) is 21.4. The average molecular weight is 470 g/mol. The SMILES string of the molecule is COc1ccc(-c2noc(CN3N=N[C@@H]4C(=O)N(c5ccc(F)c(F)c5)C(=O)[C@@H]43)n2)cc1OC. The van der Waals surface area contributed by atoms with Crippen molar-refractivity contribution in [1.29, 1.82) is 0 Å². The summed E-state index contributed by atoms with van der Waals surface area (Å²) in [5.41, 5.74) is 0.511. The zero-order valence-electron chi connectivity index (χ0n) is 17.8. The molecule has 13 heteroatoms. The Kier molecular flexibility index (Phi) is 5.15. The molecule has 0 bridgehead atoms. The third-order valence-corrected chi connectivity index (χ3v) is 5.43. The Bertz CT molecular complexity index is 1330. The molecule has 0 saturated carbocycles. The van der Waals surface area contributed by atoms with Gasteiger partial charge in [0.15, 0.2) is 35.2 Å². The molecule has 0 unspecified atom stereocenters. The zero-order chi connectivity index (χ0) is 24.0. The summed E-state index contributed by atoms with van der Waals surface area (Å²) < 4.78 is 42.7. The van der Waals surface area contributed by atoms with Gasteiger partial charge in [0.05, 0.1) is 19.9 Å². The number of hydrogen-bond acceptors (Lipinski definition) is 10. The number of carbonyl (C=O) groups excluding carboxylic acids is 2. The van der Waals surface area contributed by atoms with Crippen LogP contribution in [0.15, 0.2) is 51.3 Å². The smallest absolute Gasteiger partial charge is 0.263 e. The van der Waals surface area contributed by atoms with Gasteiger partial charge in [0.1, 0.15) is 6.54 Å². The van der Waals surface area contributed by atoms with E-state index in [4.69, 9.17) is 14.0 Å². The van der Waals surface area contributed by atoms with Crippen molar-refractivity contribution in [1.82, 2.24) is 15.1 Å². The molecule has 0 spiro atoms. The van der Waals surface area contributed by atoms with Gasteiger partial charge in [0.2, 0.25) is 11.7 Å². The number of hydrogen-bond donors (Lipinski definition) is 0. The fourth-order valence-corrected chi connectivity index (χ4v) is 3.78. The van der Waals surface area contributed by atoms with Crippen LogP contribution in [0.3, 0.4) is 0 Å². The van der Waals surface area contributed by atoms with Crippen LogP contribution in [0.1, 0.15) is 5.89 Å². The lowest BCUT2D eigenvalue weighted by molar-refractivity contribution is -0.123. The monoisotopic (exact) mass is 470 g/mol. The van der Waals surface area contributed by atoms with Gasteiger partial charge in [-0.25, -0.2) is 13.7 Å². The highest BCUT2D eigenvalue weighted by molar-refractivity contribution is 6.25. The minimum Gasteiger partial charge on any atom is -0.493 e. The lowest BCUT2D eigenvalue weighted by Gasteiger charge is -2.19. The molecule has 174 valence electrons. The quantitative estimate of drug-likeness (QED) is 0.504. The van der Waals surface area contributed by atoms with Gasteiger partial charge in [-0.3, -0.25) is 14.6 Å². The summed E-state index contributed by atoms with van der Waals surface area (Å²) in [6.07, 6.45) is 0. The maximum absolute atomic E-state index is 13.7. The summed E-state index contributed by atoms with van der Waals surface area (Å²) in [7, 11) is 3.02. The van der Waals surface area contributed by atoms with Gasteiger partial charge in [-0.1, -0.05) is 10.4 Å². The lowest BCUT2D eigenvalue weighted by Crippen LogP contribution is -2.39. The molecule has 1 aromatic heterocycles. The number of halogens is 2. The van der Waals surface area contributed by atoms with Gasteiger partial charge in [0.25, 0.3) is 11.8 Å². The van der Waals surface area contributed by atoms with E-state index in [1.807, 2.05) is 0 Å². The van der Waals surface area contributed by atoms with E-state index >= 15 is 0 Å². The molecule has 2 aromatic carbocycles. The summed E-state index contributed by atoms with van der Waals surface area (Å²) in [5, 5.41) is 13.0. The minimum absolute atomic E-state index is 0.0908. The van der Waals surface area contributed by atoms with Crippen molar-refractivity contribution in [3.05, 3.63) is 53.9 Å². The number of fused-ring (bicyclic) bond motifs is 1. The molecule has 2 atom stereocenters. The molecule has 1 fully saturated rings. The molecular weight excluding hydrogens is 454 g/mol. The molecule has 2 amide bonds. The molecule has 5 rings (SSSR count). The molecule has 34 heavy (non-hydrogen) atoms. The fourth-order valence-electron chi connectivity index (χ4n) is 3.78. The van der Waals surface area contributed by atoms with Gasteiger partial charge in [-0.2, -0.15) is 10.1 Å². The number of methoxy groups -OCH3 is 2. The normalized spacial score (nSPS) is 19.2. The highest BCUT2D eigenvalue weighted by Gasteiger charge is 2.55. The van der Waals surface area contributed by atoms with Crippen LogP contribution in [0.4, 0.5) is 14.5 Å². The maximum atomic E-state index is 13.7. The van der Waals surface area contributed by atoms with Crippen molar-refractivity contribution >= 4 is 17.5 Å². The van der Waals surface area contributed by atoms with Crippen molar-refractivity contribution < 1.29 is 32.4 Å². The number of ether oxygens (including phenoxy) is 2. The minimum atomic E-state index is -1.18. The van der Waals surface area contributed by atoms with E-state index in [-0.39, 0.29) is 23.9 Å². The third-order valence-electron chi connectivity index (χ3n) is 5.43. The number of nitrogens with zero attached hydrogens (tertiary/aromatic N) is 6. The Hall–Kier alpha value is -4.42. The van der Waals surface area contributed by atoms with Gasteiger partial charge >= 0.3 is 0 Å². The average Bonchev–Trinajstić information content (AvgIpc) is 3.53. The lowest BCUT2D eigenvalue weighted by atomic mass is 10.1. The van der Waals surface area contributed by atoms with Crippen molar-refractivity contribution in [2.24, 2.45) is 10.3 Å². The van der Waals surface area contributed by atoms with E-state index in [9.17, 15) is 18.4 Å². The van der Waals surface area contributed by atoms with E-state index in [2.05, 4.69) is 20.5 Å². The molecular formula is C21H16F2N6O5. The van der Waals surface area contributed by atoms with Crippen LogP contribution in [-0.4, -0.2) is 53.3 Å². The topological polar surface area (TPSA) is 123 Å². The first-order chi connectivity index (χ1) is 16.4. The summed E-state index contributed by atoms with van der Waals surface area (Å²) in [6, 6.07) is 5.67. The molecule has 0 radical (unpaired) electrons. The van der Waals surface area contributed by atoms with Gasteiger partial charge in [-0.15, -0.1) is 0 Å². The summed E-state index contributed by atoms with van der Waals surface area (Å²) >= 11 is 0. The highest BCUT2D eigenvalue weighted by atomic mass is 19.2. The van der Waals surface area contributed by atoms with E-state index in [1.54, 1.807) is 18.2 Å². The second-order valence-corrected chi connectivity index (χ2v) is 7.38. The number of amides is 2. The molecule has 3 aromatic rings. The molecule has 1 saturated heterocycles. The first-order valence-electron chi connectivity index (χ1n) is 9.96. The second-order valence-electron chi connectivity index (χ2n) is 7.38. The molecule has 2 aliphatic heterocycles. The third kappa shape index (κ3) is 3.41. The number of aromatic nitrogens is 2. The van der Waals surface area contributed by atoms with Crippen LogP contribution in [0, 0.1) is 11.6 Å². The Morgan fingerprint density at radius 1 is 1.00 bits per heavy atom. The zero-order valence-corrected chi connectivity index (χ0v) is 17.8. The second kappa shape index (κ2) is 8.17. The van der Waals surface area contributed by atoms with Gasteiger partial charge in [0, 0.05) is 11.6 Å². The first-order valence-corrected chi connectivity index (χ1v) is 9.96. The molecule has 0 aliphatic carbocycles. The summed E-state index contributed by atoms with van der Waals surface area (Å²) in [5.74, 6) is -2.23. The Balaban J connectivity index is 1.35. The van der Waals surface area contributed by atoms with Crippen LogP contribution >= 0.6 is 0 Å². The predicted octanol–water partition coefficient (Wildman–Crippen LogP) is 2.53. The Labute approximate surface area is 190 Å². The number of benzene rings is 2. The van der Waals surface area contributed by atoms with Crippen LogP contribution in [0.25, 0.3) is 11.4 Å². The molecule has 0 N–H and O–H groups in total. The van der Waals surface area contributed by atoms with Crippen molar-refractivity contribution in [3.63, 3.8) is 0 Å². The molecule has 3 heterocycles. The van der Waals surface area contributed by atoms with Crippen molar-refractivity contribution in [2.45, 2.75) is 18.6 Å². The summed E-state index contributed by atoms with van der Waals surface area (Å²) in [4.78, 5) is 30.8. The predicted molar refractivity (Wildman–Crippen MR) is 110 cm³/mol. The maximum Gasteiger partial charge on any atom is 0.263 e. The Morgan fingerprint density at radius 2 is 1.79 bits per heavy atom. The van der Waals surface area contributed by atoms with Gasteiger partial charge < -0.3 is 14.0 Å². The van der Waals surface area contributed by atoms with Crippen LogP contribution in [-0.2, 0) is 16.1 Å².